The maximum Gasteiger partial charge on any atom is 0.264 e. The number of anilines is 1. The van der Waals surface area contributed by atoms with Crippen molar-refractivity contribution in [1.29, 1.82) is 0 Å². The third-order valence-corrected chi connectivity index (χ3v) is 3.70. The summed E-state index contributed by atoms with van der Waals surface area (Å²) in [7, 11) is -4.31. The van der Waals surface area contributed by atoms with Gasteiger partial charge in [-0.1, -0.05) is 12.1 Å². The Morgan fingerprint density at radius 2 is 1.58 bits per heavy atom. The van der Waals surface area contributed by atoms with Gasteiger partial charge >= 0.3 is 0 Å². The van der Waals surface area contributed by atoms with Crippen molar-refractivity contribution in [2.75, 3.05) is 4.72 Å². The van der Waals surface area contributed by atoms with Crippen molar-refractivity contribution >= 4 is 15.7 Å². The Balaban J connectivity index is 2.43. The standard InChI is InChI=1S/C12H8F3NO2S/c13-8-5-6-9(14)11(7-8)16-19(17,18)12-4-2-1-3-10(12)15/h1-7,16H. The van der Waals surface area contributed by atoms with E-state index < -0.39 is 38.1 Å². The van der Waals surface area contributed by atoms with Crippen LogP contribution < -0.4 is 4.72 Å². The average molecular weight is 287 g/mol. The van der Waals surface area contributed by atoms with Gasteiger partial charge in [0.15, 0.2) is 0 Å². The van der Waals surface area contributed by atoms with Crippen molar-refractivity contribution in [3.63, 3.8) is 0 Å². The Labute approximate surface area is 107 Å². The molecule has 0 saturated heterocycles. The van der Waals surface area contributed by atoms with Gasteiger partial charge in [0.05, 0.1) is 5.69 Å². The van der Waals surface area contributed by atoms with E-state index in [0.29, 0.717) is 6.07 Å². The minimum Gasteiger partial charge on any atom is -0.276 e. The van der Waals surface area contributed by atoms with Gasteiger partial charge < -0.3 is 0 Å². The molecule has 1 N–H and O–H groups in total. The van der Waals surface area contributed by atoms with Crippen LogP contribution in [0.1, 0.15) is 0 Å². The minimum absolute atomic E-state index is 0.580. The van der Waals surface area contributed by atoms with Gasteiger partial charge in [-0.25, -0.2) is 21.6 Å². The average Bonchev–Trinajstić information content (AvgIpc) is 2.34. The van der Waals surface area contributed by atoms with E-state index in [1.165, 1.54) is 12.1 Å². The Hall–Kier alpha value is -2.02. The van der Waals surface area contributed by atoms with Crippen molar-refractivity contribution in [2.45, 2.75) is 4.90 Å². The first kappa shape index (κ1) is 13.4. The largest absolute Gasteiger partial charge is 0.276 e. The first-order valence-electron chi connectivity index (χ1n) is 5.12. The minimum atomic E-state index is -4.31. The molecule has 0 aliphatic heterocycles. The zero-order chi connectivity index (χ0) is 14.0. The van der Waals surface area contributed by atoms with Gasteiger partial charge in [0.2, 0.25) is 0 Å². The molecule has 19 heavy (non-hydrogen) atoms. The lowest BCUT2D eigenvalue weighted by Crippen LogP contribution is -2.15. The Bertz CT molecular complexity index is 717. The molecule has 2 aromatic rings. The maximum atomic E-state index is 13.4. The number of hydrogen-bond donors (Lipinski definition) is 1. The second-order valence-corrected chi connectivity index (χ2v) is 5.31. The van der Waals surface area contributed by atoms with E-state index in [1.807, 2.05) is 0 Å². The smallest absolute Gasteiger partial charge is 0.264 e. The molecule has 0 heterocycles. The molecule has 0 aliphatic rings. The molecule has 2 aromatic carbocycles. The number of nitrogens with one attached hydrogen (secondary N) is 1. The quantitative estimate of drug-likeness (QED) is 0.943. The molecule has 0 amide bonds. The van der Waals surface area contributed by atoms with Gasteiger partial charge in [-0.3, -0.25) is 4.72 Å². The monoisotopic (exact) mass is 287 g/mol. The maximum absolute atomic E-state index is 13.4. The molecule has 3 nitrogen and oxygen atoms in total. The summed E-state index contributed by atoms with van der Waals surface area (Å²) in [5, 5.41) is 0. The van der Waals surface area contributed by atoms with Crippen LogP contribution in [0.4, 0.5) is 18.9 Å². The van der Waals surface area contributed by atoms with E-state index in [0.717, 1.165) is 24.3 Å². The van der Waals surface area contributed by atoms with Crippen LogP contribution in [-0.2, 0) is 10.0 Å². The lowest BCUT2D eigenvalue weighted by Gasteiger charge is -2.09. The fourth-order valence-electron chi connectivity index (χ4n) is 1.44. The molecule has 100 valence electrons. The number of halogens is 3. The van der Waals surface area contributed by atoms with Gasteiger partial charge in [-0.05, 0) is 24.3 Å². The molecule has 0 fully saturated rings. The fraction of sp³-hybridized carbons (Fsp3) is 0. The Kier molecular flexibility index (Phi) is 3.48. The molecule has 7 heteroatoms. The number of benzene rings is 2. The van der Waals surface area contributed by atoms with E-state index in [-0.39, 0.29) is 0 Å². The Morgan fingerprint density at radius 1 is 0.895 bits per heavy atom. The number of rotatable bonds is 3. The van der Waals surface area contributed by atoms with E-state index in [4.69, 9.17) is 0 Å². The summed E-state index contributed by atoms with van der Waals surface area (Å²) in [5.41, 5.74) is -0.580. The molecule has 2 rings (SSSR count). The zero-order valence-corrected chi connectivity index (χ0v) is 10.2. The van der Waals surface area contributed by atoms with Crippen LogP contribution in [0.15, 0.2) is 47.4 Å². The molecular formula is C12H8F3NO2S. The molecular weight excluding hydrogens is 279 g/mol. The second-order valence-electron chi connectivity index (χ2n) is 3.66. The second kappa shape index (κ2) is 4.93. The van der Waals surface area contributed by atoms with Gasteiger partial charge in [0.1, 0.15) is 22.3 Å². The summed E-state index contributed by atoms with van der Waals surface area (Å²) >= 11 is 0. The third-order valence-electron chi connectivity index (χ3n) is 2.30. The predicted molar refractivity (Wildman–Crippen MR) is 63.6 cm³/mol. The SMILES string of the molecule is O=S(=O)(Nc1cc(F)ccc1F)c1ccccc1F. The van der Waals surface area contributed by atoms with Gasteiger partial charge in [-0.15, -0.1) is 0 Å². The van der Waals surface area contributed by atoms with Crippen molar-refractivity contribution in [1.82, 2.24) is 0 Å². The summed E-state index contributed by atoms with van der Waals surface area (Å²) in [6.45, 7) is 0. The molecule has 0 bridgehead atoms. The highest BCUT2D eigenvalue weighted by Crippen LogP contribution is 2.21. The first-order chi connectivity index (χ1) is 8.90. The van der Waals surface area contributed by atoms with Crippen LogP contribution >= 0.6 is 0 Å². The summed E-state index contributed by atoms with van der Waals surface area (Å²) in [6.07, 6.45) is 0. The van der Waals surface area contributed by atoms with E-state index in [1.54, 1.807) is 4.72 Å². The van der Waals surface area contributed by atoms with E-state index in [2.05, 4.69) is 0 Å². The van der Waals surface area contributed by atoms with Crippen LogP contribution in [0.25, 0.3) is 0 Å². The zero-order valence-electron chi connectivity index (χ0n) is 9.40. The Morgan fingerprint density at radius 3 is 2.26 bits per heavy atom. The van der Waals surface area contributed by atoms with Crippen LogP contribution in [0.2, 0.25) is 0 Å². The topological polar surface area (TPSA) is 46.2 Å². The van der Waals surface area contributed by atoms with Crippen LogP contribution in [0, 0.1) is 17.5 Å². The summed E-state index contributed by atoms with van der Waals surface area (Å²) < 4.78 is 65.1. The van der Waals surface area contributed by atoms with Crippen LogP contribution in [-0.4, -0.2) is 8.42 Å². The molecule has 0 radical (unpaired) electrons. The highest BCUT2D eigenvalue weighted by atomic mass is 32.2. The highest BCUT2D eigenvalue weighted by molar-refractivity contribution is 7.92. The highest BCUT2D eigenvalue weighted by Gasteiger charge is 2.20. The first-order valence-corrected chi connectivity index (χ1v) is 6.61. The summed E-state index contributed by atoms with van der Waals surface area (Å²) in [6, 6.07) is 6.90. The molecule has 0 aromatic heterocycles. The molecule has 0 unspecified atom stereocenters. The van der Waals surface area contributed by atoms with Crippen molar-refractivity contribution in [2.24, 2.45) is 0 Å². The van der Waals surface area contributed by atoms with Crippen molar-refractivity contribution in [3.05, 3.63) is 59.9 Å². The van der Waals surface area contributed by atoms with Gasteiger partial charge in [0, 0.05) is 6.07 Å². The van der Waals surface area contributed by atoms with Crippen molar-refractivity contribution < 1.29 is 21.6 Å². The lowest BCUT2D eigenvalue weighted by molar-refractivity contribution is 0.569. The summed E-state index contributed by atoms with van der Waals surface area (Å²) in [4.78, 5) is -0.640. The van der Waals surface area contributed by atoms with Crippen LogP contribution in [0.3, 0.4) is 0 Å². The van der Waals surface area contributed by atoms with Crippen molar-refractivity contribution in [3.8, 4) is 0 Å². The number of sulfonamides is 1. The molecule has 0 atom stereocenters. The predicted octanol–water partition coefficient (Wildman–Crippen LogP) is 2.90. The number of hydrogen-bond acceptors (Lipinski definition) is 2. The van der Waals surface area contributed by atoms with E-state index in [9.17, 15) is 21.6 Å². The summed E-state index contributed by atoms with van der Waals surface area (Å²) in [5.74, 6) is -2.75. The van der Waals surface area contributed by atoms with Gasteiger partial charge in [-0.2, -0.15) is 0 Å². The van der Waals surface area contributed by atoms with Crippen LogP contribution in [0.5, 0.6) is 0 Å². The molecule has 0 saturated carbocycles. The van der Waals surface area contributed by atoms with Gasteiger partial charge in [0.25, 0.3) is 10.0 Å². The van der Waals surface area contributed by atoms with E-state index >= 15 is 0 Å². The molecule has 0 aliphatic carbocycles. The normalized spacial score (nSPS) is 11.3. The lowest BCUT2D eigenvalue weighted by atomic mass is 10.3. The third kappa shape index (κ3) is 2.87. The molecule has 0 spiro atoms. The fourth-order valence-corrected chi connectivity index (χ4v) is 2.58.